The van der Waals surface area contributed by atoms with E-state index in [1.54, 1.807) is 0 Å². The molecule has 2 rings (SSSR count). The monoisotopic (exact) mass is 304 g/mol. The summed E-state index contributed by atoms with van der Waals surface area (Å²) in [7, 11) is 0. The molecule has 0 unspecified atom stereocenters. The standard InChI is InChI=1S/C15H13NO2.Al.K/c17-14(18)11-16-15(12-7-3-1-4-8-12)13-9-5-2-6-10-13;;/h1-10H,11H2,(H,17,18);;/q;+1;/p-1. The molecule has 2 aromatic rings. The molecule has 0 saturated carbocycles. The second kappa shape index (κ2) is 9.64. The van der Waals surface area contributed by atoms with Crippen molar-refractivity contribution in [3.8, 4) is 0 Å². The molecule has 93 valence electrons. The maximum Gasteiger partial charge on any atom is 0.484 e. The molecule has 2 aromatic carbocycles. The summed E-state index contributed by atoms with van der Waals surface area (Å²) in [6.45, 7) is 0.00260. The number of hydrogen-bond donors (Lipinski definition) is 0. The van der Waals surface area contributed by atoms with Gasteiger partial charge >= 0.3 is 16.6 Å². The predicted octanol–water partition coefficient (Wildman–Crippen LogP) is 1.77. The van der Waals surface area contributed by atoms with Crippen molar-refractivity contribution in [2.75, 3.05) is 6.54 Å². The molecule has 0 bridgehead atoms. The molecule has 0 atom stereocenters. The van der Waals surface area contributed by atoms with E-state index < -0.39 is 0 Å². The number of carbonyl (C=O) groups excluding carboxylic acids is 1. The molecule has 0 N–H and O–H groups in total. The fourth-order valence-corrected chi connectivity index (χ4v) is 1.80. The molecule has 5 heteroatoms. The third-order valence-corrected chi connectivity index (χ3v) is 2.86. The maximum atomic E-state index is 11.2. The minimum Gasteiger partial charge on any atom is -0.627 e. The summed E-state index contributed by atoms with van der Waals surface area (Å²) >= 11 is 1.94. The predicted molar refractivity (Wildman–Crippen MR) is 81.0 cm³/mol. The Kier molecular flexibility index (Phi) is 8.58. The van der Waals surface area contributed by atoms with E-state index in [0.29, 0.717) is 0 Å². The van der Waals surface area contributed by atoms with Crippen LogP contribution < -0.4 is 0 Å². The van der Waals surface area contributed by atoms with Crippen molar-refractivity contribution in [2.45, 2.75) is 0 Å². The van der Waals surface area contributed by atoms with Crippen LogP contribution in [0.5, 0.6) is 0 Å². The molecule has 0 aliphatic carbocycles. The fourth-order valence-electron chi connectivity index (χ4n) is 1.72. The molecule has 0 aromatic heterocycles. The Labute approximate surface area is 169 Å². The SMILES string of the molecule is O=C(CN=C(c1ccccc1)c1ccccc1)[O][Al].[K]. The Morgan fingerprint density at radius 1 is 0.950 bits per heavy atom. The molecule has 3 radical (unpaired) electrons. The van der Waals surface area contributed by atoms with Crippen molar-refractivity contribution in [2.24, 2.45) is 4.99 Å². The first-order chi connectivity index (χ1) is 9.31. The zero-order chi connectivity index (χ0) is 13.5. The quantitative estimate of drug-likeness (QED) is 0.638. The van der Waals surface area contributed by atoms with E-state index >= 15 is 0 Å². The minimum absolute atomic E-state index is 0. The van der Waals surface area contributed by atoms with Crippen LogP contribution in [0.1, 0.15) is 11.1 Å². The number of nitrogens with zero attached hydrogens (tertiary/aromatic N) is 1. The number of hydrogen-bond acceptors (Lipinski definition) is 3. The van der Waals surface area contributed by atoms with Gasteiger partial charge in [0, 0.05) is 62.5 Å². The summed E-state index contributed by atoms with van der Waals surface area (Å²) < 4.78 is 4.54. The smallest absolute Gasteiger partial charge is 0.484 e. The van der Waals surface area contributed by atoms with Crippen LogP contribution >= 0.6 is 0 Å². The molecular weight excluding hydrogens is 292 g/mol. The molecular formula is C15H12AlKNO2. The first-order valence-corrected chi connectivity index (χ1v) is 6.33. The zero-order valence-corrected chi connectivity index (χ0v) is 15.6. The van der Waals surface area contributed by atoms with Gasteiger partial charge in [0.1, 0.15) is 6.54 Å². The average Bonchev–Trinajstić information content (AvgIpc) is 2.49. The average molecular weight is 304 g/mol. The van der Waals surface area contributed by atoms with Crippen LogP contribution in [0.2, 0.25) is 0 Å². The van der Waals surface area contributed by atoms with Gasteiger partial charge < -0.3 is 3.79 Å². The Balaban J connectivity index is 0.00000200. The molecule has 0 aliphatic rings. The first-order valence-electron chi connectivity index (χ1n) is 5.86. The van der Waals surface area contributed by atoms with E-state index in [4.69, 9.17) is 0 Å². The molecule has 0 amide bonds. The Morgan fingerprint density at radius 3 is 1.80 bits per heavy atom. The number of aliphatic imine (C=N–C) groups is 1. The van der Waals surface area contributed by atoms with Crippen LogP contribution in [-0.2, 0) is 8.58 Å². The number of benzene rings is 2. The van der Waals surface area contributed by atoms with Gasteiger partial charge in [-0.1, -0.05) is 60.7 Å². The Hall–Kier alpha value is -0.251. The van der Waals surface area contributed by atoms with Gasteiger partial charge in [-0.15, -0.1) is 0 Å². The zero-order valence-electron chi connectivity index (χ0n) is 11.3. The van der Waals surface area contributed by atoms with E-state index in [-0.39, 0.29) is 63.9 Å². The molecule has 0 fully saturated rings. The van der Waals surface area contributed by atoms with Crippen LogP contribution in [-0.4, -0.2) is 86.2 Å². The Bertz CT molecular complexity index is 531. The normalized spacial score (nSPS) is 9.20. The molecule has 0 heterocycles. The number of carbonyl (C=O) groups is 1. The second-order valence-electron chi connectivity index (χ2n) is 3.89. The largest absolute Gasteiger partial charge is 0.627 e. The second-order valence-corrected chi connectivity index (χ2v) is 4.12. The van der Waals surface area contributed by atoms with E-state index in [1.807, 2.05) is 77.3 Å². The van der Waals surface area contributed by atoms with Crippen molar-refractivity contribution in [1.82, 2.24) is 0 Å². The third-order valence-electron chi connectivity index (χ3n) is 2.59. The van der Waals surface area contributed by atoms with Gasteiger partial charge in [-0.3, -0.25) is 9.79 Å². The van der Waals surface area contributed by atoms with Gasteiger partial charge in [-0.25, -0.2) is 0 Å². The molecule has 3 nitrogen and oxygen atoms in total. The van der Waals surface area contributed by atoms with Gasteiger partial charge in [0.2, 0.25) is 0 Å². The summed E-state index contributed by atoms with van der Waals surface area (Å²) in [5.41, 5.74) is 2.74. The van der Waals surface area contributed by atoms with Crippen LogP contribution in [0.4, 0.5) is 0 Å². The van der Waals surface area contributed by atoms with Gasteiger partial charge in [0.15, 0.2) is 0 Å². The van der Waals surface area contributed by atoms with Crippen molar-refractivity contribution in [3.63, 3.8) is 0 Å². The summed E-state index contributed by atoms with van der Waals surface area (Å²) in [5.74, 6) is -0.380. The van der Waals surface area contributed by atoms with E-state index in [1.165, 1.54) is 0 Å². The van der Waals surface area contributed by atoms with Gasteiger partial charge in [-0.05, 0) is 0 Å². The van der Waals surface area contributed by atoms with Gasteiger partial charge in [0.05, 0.1) is 5.71 Å². The van der Waals surface area contributed by atoms with Crippen LogP contribution in [0.3, 0.4) is 0 Å². The molecule has 20 heavy (non-hydrogen) atoms. The van der Waals surface area contributed by atoms with Crippen molar-refractivity contribution < 1.29 is 8.58 Å². The van der Waals surface area contributed by atoms with E-state index in [9.17, 15) is 4.79 Å². The molecule has 0 saturated heterocycles. The first kappa shape index (κ1) is 17.8. The summed E-state index contributed by atoms with van der Waals surface area (Å²) in [4.78, 5) is 15.6. The van der Waals surface area contributed by atoms with Crippen molar-refractivity contribution in [1.29, 1.82) is 0 Å². The van der Waals surface area contributed by atoms with Crippen LogP contribution in [0.25, 0.3) is 0 Å². The number of rotatable bonds is 4. The summed E-state index contributed by atoms with van der Waals surface area (Å²) in [6, 6.07) is 19.6. The van der Waals surface area contributed by atoms with Gasteiger partial charge in [0.25, 0.3) is 5.97 Å². The topological polar surface area (TPSA) is 38.7 Å². The molecule has 0 spiro atoms. The van der Waals surface area contributed by atoms with Gasteiger partial charge in [-0.2, -0.15) is 0 Å². The fraction of sp³-hybridized carbons (Fsp3) is 0.0667. The maximum absolute atomic E-state index is 11.2. The third kappa shape index (κ3) is 5.27. The van der Waals surface area contributed by atoms with E-state index in [2.05, 4.69) is 8.78 Å². The van der Waals surface area contributed by atoms with E-state index in [0.717, 1.165) is 16.8 Å². The van der Waals surface area contributed by atoms with Crippen molar-refractivity contribution in [3.05, 3.63) is 71.8 Å². The van der Waals surface area contributed by atoms with Crippen molar-refractivity contribution >= 4 is 79.7 Å². The minimum atomic E-state index is -0.380. The van der Waals surface area contributed by atoms with Crippen LogP contribution in [0, 0.1) is 0 Å². The summed E-state index contributed by atoms with van der Waals surface area (Å²) in [5, 5.41) is 0. The van der Waals surface area contributed by atoms with Crippen LogP contribution in [0.15, 0.2) is 65.7 Å². The summed E-state index contributed by atoms with van der Waals surface area (Å²) in [6.07, 6.45) is 0. The Morgan fingerprint density at radius 2 is 1.40 bits per heavy atom. The molecule has 0 aliphatic heterocycles.